The molecule has 0 amide bonds. The number of hydrogen-bond donors (Lipinski definition) is 3. The predicted molar refractivity (Wildman–Crippen MR) is 45.1 cm³/mol. The fraction of sp³-hybridized carbons (Fsp3) is 0.125. The van der Waals surface area contributed by atoms with Crippen LogP contribution in [-0.4, -0.2) is 5.11 Å². The molecule has 0 aliphatic rings. The molecule has 0 aliphatic heterocycles. The van der Waals surface area contributed by atoms with Crippen LogP contribution in [0, 0.1) is 11.3 Å². The lowest BCUT2D eigenvalue weighted by atomic mass is 10.1. The van der Waals surface area contributed by atoms with Gasteiger partial charge < -0.3 is 16.6 Å². The van der Waals surface area contributed by atoms with Gasteiger partial charge in [-0.05, 0) is 12.1 Å². The van der Waals surface area contributed by atoms with Crippen molar-refractivity contribution in [3.8, 4) is 11.8 Å². The lowest BCUT2D eigenvalue weighted by Crippen LogP contribution is -1.99. The first-order valence-corrected chi connectivity index (χ1v) is 3.40. The number of benzene rings is 1. The van der Waals surface area contributed by atoms with Crippen LogP contribution in [0.25, 0.3) is 0 Å². The fourth-order valence-corrected chi connectivity index (χ4v) is 0.939. The molecule has 0 saturated carbocycles. The van der Waals surface area contributed by atoms with Crippen LogP contribution in [-0.2, 0) is 6.54 Å². The average molecular weight is 163 g/mol. The Labute approximate surface area is 70.0 Å². The highest BCUT2D eigenvalue weighted by Gasteiger charge is 2.05. The summed E-state index contributed by atoms with van der Waals surface area (Å²) < 4.78 is 0. The number of nitrogens with two attached hydrogens (primary N) is 2. The van der Waals surface area contributed by atoms with Crippen LogP contribution in [0.4, 0.5) is 5.69 Å². The van der Waals surface area contributed by atoms with E-state index in [9.17, 15) is 5.11 Å². The fourth-order valence-electron chi connectivity index (χ4n) is 0.939. The number of hydrogen-bond acceptors (Lipinski definition) is 4. The Balaban J connectivity index is 3.31. The van der Waals surface area contributed by atoms with Gasteiger partial charge in [-0.3, -0.25) is 0 Å². The molecule has 0 aromatic heterocycles. The van der Waals surface area contributed by atoms with Gasteiger partial charge in [0.1, 0.15) is 5.75 Å². The molecule has 12 heavy (non-hydrogen) atoms. The van der Waals surface area contributed by atoms with Gasteiger partial charge in [0, 0.05) is 12.1 Å². The minimum atomic E-state index is -0.0310. The van der Waals surface area contributed by atoms with Crippen LogP contribution in [0.2, 0.25) is 0 Å². The molecule has 1 rings (SSSR count). The monoisotopic (exact) mass is 163 g/mol. The number of rotatable bonds is 1. The number of nitrogens with zero attached hydrogens (tertiary/aromatic N) is 1. The van der Waals surface area contributed by atoms with E-state index in [0.29, 0.717) is 11.1 Å². The van der Waals surface area contributed by atoms with Crippen molar-refractivity contribution in [2.45, 2.75) is 6.54 Å². The van der Waals surface area contributed by atoms with Crippen molar-refractivity contribution < 1.29 is 5.11 Å². The first kappa shape index (κ1) is 8.37. The summed E-state index contributed by atoms with van der Waals surface area (Å²) in [6, 6.07) is 4.85. The number of aromatic hydroxyl groups is 1. The number of phenolic OH excluding ortho intramolecular Hbond substituents is 1. The second-order valence-corrected chi connectivity index (χ2v) is 2.39. The predicted octanol–water partition coefficient (Wildman–Crippen LogP) is 0.305. The van der Waals surface area contributed by atoms with E-state index in [-0.39, 0.29) is 18.0 Å². The molecule has 0 heterocycles. The van der Waals surface area contributed by atoms with E-state index in [4.69, 9.17) is 16.7 Å². The third-order valence-corrected chi connectivity index (χ3v) is 1.57. The van der Waals surface area contributed by atoms with E-state index in [1.807, 2.05) is 6.07 Å². The number of nitriles is 1. The number of anilines is 1. The Hall–Kier alpha value is -1.73. The molecule has 1 aromatic rings. The molecule has 4 nitrogen and oxygen atoms in total. The first-order chi connectivity index (χ1) is 5.69. The summed E-state index contributed by atoms with van der Waals surface area (Å²) >= 11 is 0. The Morgan fingerprint density at radius 1 is 1.50 bits per heavy atom. The SMILES string of the molecule is N#Cc1cc(N)c(O)c(CN)c1. The summed E-state index contributed by atoms with van der Waals surface area (Å²) in [6.45, 7) is 0.172. The summed E-state index contributed by atoms with van der Waals surface area (Å²) in [7, 11) is 0. The Kier molecular flexibility index (Phi) is 2.17. The highest BCUT2D eigenvalue weighted by Crippen LogP contribution is 2.25. The van der Waals surface area contributed by atoms with Crippen molar-refractivity contribution in [3.05, 3.63) is 23.3 Å². The van der Waals surface area contributed by atoms with Crippen LogP contribution in [0.1, 0.15) is 11.1 Å². The zero-order valence-corrected chi connectivity index (χ0v) is 6.41. The van der Waals surface area contributed by atoms with Crippen LogP contribution in [0.15, 0.2) is 12.1 Å². The third kappa shape index (κ3) is 1.31. The van der Waals surface area contributed by atoms with Gasteiger partial charge >= 0.3 is 0 Å². The van der Waals surface area contributed by atoms with Crippen LogP contribution >= 0.6 is 0 Å². The minimum absolute atomic E-state index is 0.0310. The highest BCUT2D eigenvalue weighted by atomic mass is 16.3. The normalized spacial score (nSPS) is 9.33. The Bertz CT molecular complexity index is 341. The zero-order chi connectivity index (χ0) is 9.14. The zero-order valence-electron chi connectivity index (χ0n) is 6.41. The molecule has 0 atom stereocenters. The molecule has 0 bridgehead atoms. The van der Waals surface area contributed by atoms with Gasteiger partial charge in [0.05, 0.1) is 17.3 Å². The molecule has 0 spiro atoms. The molecule has 0 unspecified atom stereocenters. The summed E-state index contributed by atoms with van der Waals surface area (Å²) in [5.41, 5.74) is 11.8. The maximum absolute atomic E-state index is 9.30. The molecular formula is C8H9N3O. The van der Waals surface area contributed by atoms with E-state index in [0.717, 1.165) is 0 Å². The van der Waals surface area contributed by atoms with E-state index in [2.05, 4.69) is 0 Å². The summed E-state index contributed by atoms with van der Waals surface area (Å²) in [6.07, 6.45) is 0. The van der Waals surface area contributed by atoms with Crippen molar-refractivity contribution in [1.29, 1.82) is 5.26 Å². The Morgan fingerprint density at radius 3 is 2.67 bits per heavy atom. The largest absolute Gasteiger partial charge is 0.505 e. The maximum Gasteiger partial charge on any atom is 0.143 e. The van der Waals surface area contributed by atoms with Crippen molar-refractivity contribution in [3.63, 3.8) is 0 Å². The van der Waals surface area contributed by atoms with E-state index < -0.39 is 0 Å². The molecule has 0 fully saturated rings. The average Bonchev–Trinajstić information content (AvgIpc) is 2.09. The maximum atomic E-state index is 9.30. The molecule has 62 valence electrons. The molecule has 1 aromatic carbocycles. The summed E-state index contributed by atoms with van der Waals surface area (Å²) in [4.78, 5) is 0. The second-order valence-electron chi connectivity index (χ2n) is 2.39. The summed E-state index contributed by atoms with van der Waals surface area (Å²) in [5.74, 6) is -0.0310. The van der Waals surface area contributed by atoms with Gasteiger partial charge in [-0.15, -0.1) is 0 Å². The number of phenols is 1. The quantitative estimate of drug-likeness (QED) is 0.410. The van der Waals surface area contributed by atoms with Gasteiger partial charge in [-0.25, -0.2) is 0 Å². The van der Waals surface area contributed by atoms with Gasteiger partial charge in [-0.2, -0.15) is 5.26 Å². The van der Waals surface area contributed by atoms with E-state index >= 15 is 0 Å². The Morgan fingerprint density at radius 2 is 2.17 bits per heavy atom. The van der Waals surface area contributed by atoms with E-state index in [1.54, 1.807) is 0 Å². The molecule has 5 N–H and O–H groups in total. The van der Waals surface area contributed by atoms with Crippen LogP contribution in [0.3, 0.4) is 0 Å². The minimum Gasteiger partial charge on any atom is -0.505 e. The highest BCUT2D eigenvalue weighted by molar-refractivity contribution is 5.60. The van der Waals surface area contributed by atoms with Crippen molar-refractivity contribution in [2.75, 3.05) is 5.73 Å². The second kappa shape index (κ2) is 3.11. The standard InChI is InChI=1S/C8H9N3O/c9-3-5-1-6(4-10)8(12)7(11)2-5/h1-2,12H,4,10-11H2. The van der Waals surface area contributed by atoms with Crippen molar-refractivity contribution >= 4 is 5.69 Å². The van der Waals surface area contributed by atoms with Crippen LogP contribution in [0.5, 0.6) is 5.75 Å². The molecular weight excluding hydrogens is 154 g/mol. The molecule has 0 aliphatic carbocycles. The molecule has 4 heteroatoms. The van der Waals surface area contributed by atoms with Gasteiger partial charge in [-0.1, -0.05) is 0 Å². The topological polar surface area (TPSA) is 96.1 Å². The smallest absolute Gasteiger partial charge is 0.143 e. The van der Waals surface area contributed by atoms with E-state index in [1.165, 1.54) is 12.1 Å². The lowest BCUT2D eigenvalue weighted by molar-refractivity contribution is 0.471. The first-order valence-electron chi connectivity index (χ1n) is 3.40. The summed E-state index contributed by atoms with van der Waals surface area (Å²) in [5, 5.41) is 17.8. The van der Waals surface area contributed by atoms with Crippen molar-refractivity contribution in [1.82, 2.24) is 0 Å². The van der Waals surface area contributed by atoms with Gasteiger partial charge in [0.25, 0.3) is 0 Å². The molecule has 0 radical (unpaired) electrons. The van der Waals surface area contributed by atoms with Gasteiger partial charge in [0.15, 0.2) is 0 Å². The molecule has 0 saturated heterocycles. The lowest BCUT2D eigenvalue weighted by Gasteiger charge is -2.04. The van der Waals surface area contributed by atoms with Gasteiger partial charge in [0.2, 0.25) is 0 Å². The number of nitrogen functional groups attached to an aromatic ring is 1. The third-order valence-electron chi connectivity index (χ3n) is 1.57. The van der Waals surface area contributed by atoms with Crippen LogP contribution < -0.4 is 11.5 Å². The van der Waals surface area contributed by atoms with Crippen molar-refractivity contribution in [2.24, 2.45) is 5.73 Å².